The van der Waals surface area contributed by atoms with Crippen molar-refractivity contribution < 1.29 is 0 Å². The maximum Gasteiger partial charge on any atom is 0.0363 e. The molecule has 0 saturated heterocycles. The Balaban J connectivity index is 4.77. The lowest BCUT2D eigenvalue weighted by Gasteiger charge is -2.26. The fourth-order valence-corrected chi connectivity index (χ4v) is 1.18. The van der Waals surface area contributed by atoms with Crippen molar-refractivity contribution in [3.63, 3.8) is 0 Å². The van der Waals surface area contributed by atoms with Crippen LogP contribution in [-0.2, 0) is 0 Å². The Kier molecular flexibility index (Phi) is 4.53. The molecule has 0 fully saturated rings. The average Bonchev–Trinajstić information content (AvgIpc) is 2.03. The summed E-state index contributed by atoms with van der Waals surface area (Å²) in [6, 6.07) is 0. The van der Waals surface area contributed by atoms with Crippen LogP contribution in [0.5, 0.6) is 0 Å². The fraction of sp³-hybridized carbons (Fsp3) is 0.500. The first-order valence-electron chi connectivity index (χ1n) is 4.68. The average molecular weight is 179 g/mol. The van der Waals surface area contributed by atoms with E-state index >= 15 is 0 Å². The summed E-state index contributed by atoms with van der Waals surface area (Å²) in [7, 11) is 0. The SMILES string of the molecule is C=C(C)N(CC)C(=C)C(C)=C(C)C. The van der Waals surface area contributed by atoms with E-state index in [2.05, 4.69) is 45.8 Å². The van der Waals surface area contributed by atoms with Gasteiger partial charge in [-0.05, 0) is 40.2 Å². The molecule has 0 spiro atoms. The smallest absolute Gasteiger partial charge is 0.0363 e. The van der Waals surface area contributed by atoms with E-state index in [1.807, 2.05) is 6.92 Å². The summed E-state index contributed by atoms with van der Waals surface area (Å²) >= 11 is 0. The first-order valence-corrected chi connectivity index (χ1v) is 4.68. The van der Waals surface area contributed by atoms with Crippen molar-refractivity contribution in [2.24, 2.45) is 0 Å². The highest BCUT2D eigenvalue weighted by molar-refractivity contribution is 5.31. The topological polar surface area (TPSA) is 3.24 Å². The third kappa shape index (κ3) is 3.10. The van der Waals surface area contributed by atoms with Crippen LogP contribution in [0.1, 0.15) is 34.6 Å². The minimum Gasteiger partial charge on any atom is -0.347 e. The molecule has 0 aromatic heterocycles. The van der Waals surface area contributed by atoms with E-state index in [1.165, 1.54) is 11.1 Å². The van der Waals surface area contributed by atoms with Crippen molar-refractivity contribution in [3.05, 3.63) is 35.7 Å². The molecule has 0 aliphatic rings. The molecule has 0 saturated carbocycles. The molecule has 0 aliphatic heterocycles. The van der Waals surface area contributed by atoms with Crippen molar-refractivity contribution in [1.29, 1.82) is 0 Å². The molecule has 13 heavy (non-hydrogen) atoms. The summed E-state index contributed by atoms with van der Waals surface area (Å²) in [4.78, 5) is 2.13. The Bertz CT molecular complexity index is 242. The number of rotatable bonds is 4. The molecule has 0 atom stereocenters. The van der Waals surface area contributed by atoms with Crippen molar-refractivity contribution in [2.45, 2.75) is 34.6 Å². The second kappa shape index (κ2) is 4.90. The number of likely N-dealkylation sites (N-methyl/N-ethyl adjacent to an activating group) is 1. The summed E-state index contributed by atoms with van der Waals surface area (Å²) in [5, 5.41) is 0. The predicted molar refractivity (Wildman–Crippen MR) is 60.4 cm³/mol. The molecule has 0 aliphatic carbocycles. The maximum atomic E-state index is 4.08. The van der Waals surface area contributed by atoms with E-state index in [-0.39, 0.29) is 0 Å². The Morgan fingerprint density at radius 1 is 1.08 bits per heavy atom. The highest BCUT2D eigenvalue weighted by Gasteiger charge is 2.07. The summed E-state index contributed by atoms with van der Waals surface area (Å²) < 4.78 is 0. The van der Waals surface area contributed by atoms with Crippen molar-refractivity contribution in [1.82, 2.24) is 4.90 Å². The second-order valence-corrected chi connectivity index (χ2v) is 3.55. The third-order valence-electron chi connectivity index (χ3n) is 2.29. The van der Waals surface area contributed by atoms with Gasteiger partial charge in [0.05, 0.1) is 0 Å². The minimum atomic E-state index is 0.929. The molecular weight excluding hydrogens is 158 g/mol. The molecule has 74 valence electrons. The Hall–Kier alpha value is -0.980. The van der Waals surface area contributed by atoms with Gasteiger partial charge in [-0.25, -0.2) is 0 Å². The van der Waals surface area contributed by atoms with Crippen LogP contribution in [0.15, 0.2) is 35.7 Å². The van der Waals surface area contributed by atoms with Gasteiger partial charge in [0.1, 0.15) is 0 Å². The lowest BCUT2D eigenvalue weighted by Crippen LogP contribution is -2.20. The van der Waals surface area contributed by atoms with E-state index in [4.69, 9.17) is 0 Å². The molecular formula is C12H21N. The van der Waals surface area contributed by atoms with E-state index in [0.29, 0.717) is 0 Å². The van der Waals surface area contributed by atoms with Gasteiger partial charge in [-0.1, -0.05) is 18.7 Å². The standard InChI is InChI=1S/C12H21N/c1-8-13(10(4)5)12(7)11(6)9(2)3/h4,7-8H2,1-3,5-6H3. The van der Waals surface area contributed by atoms with Gasteiger partial charge in [0.2, 0.25) is 0 Å². The quantitative estimate of drug-likeness (QED) is 0.595. The molecule has 0 heterocycles. The lowest BCUT2D eigenvalue weighted by atomic mass is 10.1. The monoisotopic (exact) mass is 179 g/mol. The van der Waals surface area contributed by atoms with Crippen LogP contribution in [0.3, 0.4) is 0 Å². The summed E-state index contributed by atoms with van der Waals surface area (Å²) in [6.07, 6.45) is 0. The van der Waals surface area contributed by atoms with E-state index in [9.17, 15) is 0 Å². The summed E-state index contributed by atoms with van der Waals surface area (Å²) in [5.41, 5.74) is 4.68. The van der Waals surface area contributed by atoms with Crippen molar-refractivity contribution in [3.8, 4) is 0 Å². The van der Waals surface area contributed by atoms with Crippen LogP contribution < -0.4 is 0 Å². The second-order valence-electron chi connectivity index (χ2n) is 3.55. The fourth-order valence-electron chi connectivity index (χ4n) is 1.18. The molecule has 0 amide bonds. The first-order chi connectivity index (χ1) is 5.91. The normalized spacial score (nSPS) is 9.31. The van der Waals surface area contributed by atoms with Gasteiger partial charge in [-0.2, -0.15) is 0 Å². The van der Waals surface area contributed by atoms with E-state index in [1.54, 1.807) is 0 Å². The number of allylic oxidation sites excluding steroid dienone is 3. The van der Waals surface area contributed by atoms with Crippen LogP contribution in [0, 0.1) is 0 Å². The van der Waals surface area contributed by atoms with Crippen LogP contribution >= 0.6 is 0 Å². The van der Waals surface area contributed by atoms with Gasteiger partial charge < -0.3 is 4.90 Å². The largest absolute Gasteiger partial charge is 0.347 e. The Morgan fingerprint density at radius 3 is 1.77 bits per heavy atom. The molecule has 0 unspecified atom stereocenters. The Labute approximate surface area is 82.4 Å². The highest BCUT2D eigenvalue weighted by Crippen LogP contribution is 2.19. The highest BCUT2D eigenvalue weighted by atomic mass is 15.1. The number of hydrogen-bond donors (Lipinski definition) is 0. The van der Waals surface area contributed by atoms with Crippen LogP contribution in [-0.4, -0.2) is 11.4 Å². The Morgan fingerprint density at radius 2 is 1.54 bits per heavy atom. The van der Waals surface area contributed by atoms with Crippen molar-refractivity contribution in [2.75, 3.05) is 6.54 Å². The zero-order chi connectivity index (χ0) is 10.6. The molecule has 0 N–H and O–H groups in total. The van der Waals surface area contributed by atoms with Crippen molar-refractivity contribution >= 4 is 0 Å². The lowest BCUT2D eigenvalue weighted by molar-refractivity contribution is 0.462. The van der Waals surface area contributed by atoms with Gasteiger partial charge >= 0.3 is 0 Å². The first kappa shape index (κ1) is 12.0. The predicted octanol–water partition coefficient (Wildman–Crippen LogP) is 3.71. The molecule has 0 aromatic rings. The van der Waals surface area contributed by atoms with Crippen LogP contribution in [0.25, 0.3) is 0 Å². The minimum absolute atomic E-state index is 0.929. The molecule has 1 heteroatoms. The molecule has 1 nitrogen and oxygen atoms in total. The maximum absolute atomic E-state index is 4.08. The molecule has 0 radical (unpaired) electrons. The van der Waals surface area contributed by atoms with Gasteiger partial charge in [-0.15, -0.1) is 0 Å². The third-order valence-corrected chi connectivity index (χ3v) is 2.29. The number of nitrogens with zero attached hydrogens (tertiary/aromatic N) is 1. The zero-order valence-corrected chi connectivity index (χ0v) is 9.57. The van der Waals surface area contributed by atoms with Gasteiger partial charge in [0.25, 0.3) is 0 Å². The zero-order valence-electron chi connectivity index (χ0n) is 9.57. The van der Waals surface area contributed by atoms with Gasteiger partial charge in [-0.3, -0.25) is 0 Å². The summed E-state index contributed by atoms with van der Waals surface area (Å²) in [5.74, 6) is 0. The van der Waals surface area contributed by atoms with Gasteiger partial charge in [0.15, 0.2) is 0 Å². The van der Waals surface area contributed by atoms with E-state index < -0.39 is 0 Å². The molecule has 0 aromatic carbocycles. The molecule has 0 bridgehead atoms. The van der Waals surface area contributed by atoms with Crippen LogP contribution in [0.4, 0.5) is 0 Å². The number of hydrogen-bond acceptors (Lipinski definition) is 1. The molecule has 0 rings (SSSR count). The van der Waals surface area contributed by atoms with Crippen LogP contribution in [0.2, 0.25) is 0 Å². The summed E-state index contributed by atoms with van der Waals surface area (Å²) in [6.45, 7) is 19.4. The van der Waals surface area contributed by atoms with E-state index in [0.717, 1.165) is 17.9 Å². The van der Waals surface area contributed by atoms with Gasteiger partial charge in [0, 0.05) is 17.9 Å².